The van der Waals surface area contributed by atoms with E-state index in [0.717, 1.165) is 12.0 Å². The van der Waals surface area contributed by atoms with Gasteiger partial charge in [-0.3, -0.25) is 0 Å². The van der Waals surface area contributed by atoms with Gasteiger partial charge in [-0.1, -0.05) is 12.1 Å². The molecule has 2 rings (SSSR count). The highest BCUT2D eigenvalue weighted by Gasteiger charge is 2.26. The molecule has 1 aliphatic rings. The normalized spacial score (nSPS) is 23.0. The molecule has 0 bridgehead atoms. The Morgan fingerprint density at radius 3 is 2.93 bits per heavy atom. The molecule has 1 fully saturated rings. The van der Waals surface area contributed by atoms with Crippen LogP contribution < -0.4 is 0 Å². The van der Waals surface area contributed by atoms with E-state index in [0.29, 0.717) is 18.8 Å². The zero-order chi connectivity index (χ0) is 10.8. The first-order chi connectivity index (χ1) is 7.18. The van der Waals surface area contributed by atoms with E-state index >= 15 is 0 Å². The highest BCUT2D eigenvalue weighted by Crippen LogP contribution is 2.30. The third-order valence-electron chi connectivity index (χ3n) is 2.89. The predicted octanol–water partition coefficient (Wildman–Crippen LogP) is 2.20. The minimum absolute atomic E-state index is 0.0298. The van der Waals surface area contributed by atoms with Crippen molar-refractivity contribution in [3.05, 3.63) is 35.1 Å². The molecule has 0 radical (unpaired) electrons. The molecular formula is C12H15FO2. The molecule has 0 spiro atoms. The van der Waals surface area contributed by atoms with Crippen LogP contribution in [0.15, 0.2) is 18.2 Å². The van der Waals surface area contributed by atoms with Gasteiger partial charge in [0, 0.05) is 18.1 Å². The second-order valence-electron chi connectivity index (χ2n) is 4.09. The minimum atomic E-state index is -0.743. The van der Waals surface area contributed by atoms with Crippen molar-refractivity contribution < 1.29 is 14.2 Å². The predicted molar refractivity (Wildman–Crippen MR) is 55.0 cm³/mol. The van der Waals surface area contributed by atoms with Gasteiger partial charge in [0.2, 0.25) is 0 Å². The van der Waals surface area contributed by atoms with Crippen molar-refractivity contribution >= 4 is 0 Å². The molecule has 1 aliphatic heterocycles. The van der Waals surface area contributed by atoms with Crippen molar-refractivity contribution in [2.75, 3.05) is 13.2 Å². The van der Waals surface area contributed by atoms with Crippen molar-refractivity contribution in [3.8, 4) is 0 Å². The fourth-order valence-electron chi connectivity index (χ4n) is 1.93. The number of hydrogen-bond acceptors (Lipinski definition) is 2. The molecule has 2 atom stereocenters. The van der Waals surface area contributed by atoms with Crippen LogP contribution in [0.4, 0.5) is 4.39 Å². The molecule has 1 N–H and O–H groups in total. The lowest BCUT2D eigenvalue weighted by Gasteiger charge is -2.17. The van der Waals surface area contributed by atoms with Gasteiger partial charge in [-0.15, -0.1) is 0 Å². The van der Waals surface area contributed by atoms with E-state index in [1.807, 2.05) is 13.0 Å². The number of ether oxygens (including phenoxy) is 1. The van der Waals surface area contributed by atoms with Gasteiger partial charge in [0.05, 0.1) is 12.7 Å². The number of aliphatic hydroxyl groups excluding tert-OH is 1. The Labute approximate surface area is 88.7 Å². The lowest BCUT2D eigenvalue weighted by atomic mass is 9.94. The summed E-state index contributed by atoms with van der Waals surface area (Å²) < 4.78 is 18.7. The zero-order valence-electron chi connectivity index (χ0n) is 8.74. The first-order valence-corrected chi connectivity index (χ1v) is 5.20. The number of halogens is 1. The quantitative estimate of drug-likeness (QED) is 0.810. The average Bonchev–Trinajstić information content (AvgIpc) is 2.69. The molecule has 0 aromatic heterocycles. The van der Waals surface area contributed by atoms with Crippen LogP contribution in [-0.2, 0) is 4.74 Å². The number of benzene rings is 1. The fourth-order valence-corrected chi connectivity index (χ4v) is 1.93. The number of aryl methyl sites for hydroxylation is 1. The third kappa shape index (κ3) is 2.19. The molecule has 2 unspecified atom stereocenters. The summed E-state index contributed by atoms with van der Waals surface area (Å²) in [5.74, 6) is -0.295. The molecule has 0 amide bonds. The van der Waals surface area contributed by atoms with E-state index in [9.17, 15) is 9.50 Å². The molecule has 1 aromatic rings. The van der Waals surface area contributed by atoms with Gasteiger partial charge in [-0.2, -0.15) is 0 Å². The first-order valence-electron chi connectivity index (χ1n) is 5.20. The van der Waals surface area contributed by atoms with Crippen molar-refractivity contribution in [1.82, 2.24) is 0 Å². The summed E-state index contributed by atoms with van der Waals surface area (Å²) in [6.07, 6.45) is 0.0576. The molecule has 3 heteroatoms. The number of aliphatic hydroxyl groups is 1. The third-order valence-corrected chi connectivity index (χ3v) is 2.89. The van der Waals surface area contributed by atoms with Crippen molar-refractivity contribution in [2.24, 2.45) is 5.92 Å². The van der Waals surface area contributed by atoms with Gasteiger partial charge in [-0.05, 0) is 25.0 Å². The Balaban J connectivity index is 2.20. The summed E-state index contributed by atoms with van der Waals surface area (Å²) in [4.78, 5) is 0. The van der Waals surface area contributed by atoms with Gasteiger partial charge in [0.1, 0.15) is 5.82 Å². The molecular weight excluding hydrogens is 195 g/mol. The van der Waals surface area contributed by atoms with E-state index in [1.54, 1.807) is 6.07 Å². The van der Waals surface area contributed by atoms with Crippen LogP contribution in [0.25, 0.3) is 0 Å². The fraction of sp³-hybridized carbons (Fsp3) is 0.500. The van der Waals surface area contributed by atoms with Crippen LogP contribution in [0, 0.1) is 18.7 Å². The van der Waals surface area contributed by atoms with Crippen LogP contribution in [0.2, 0.25) is 0 Å². The van der Waals surface area contributed by atoms with Crippen LogP contribution in [0.5, 0.6) is 0 Å². The SMILES string of the molecule is Cc1ccc(C(O)C2CCOC2)c(F)c1. The van der Waals surface area contributed by atoms with Gasteiger partial charge in [-0.25, -0.2) is 4.39 Å². The van der Waals surface area contributed by atoms with Crippen molar-refractivity contribution in [2.45, 2.75) is 19.4 Å². The Hall–Kier alpha value is -0.930. The topological polar surface area (TPSA) is 29.5 Å². The maximum absolute atomic E-state index is 13.6. The smallest absolute Gasteiger partial charge is 0.129 e. The molecule has 82 valence electrons. The molecule has 15 heavy (non-hydrogen) atoms. The van der Waals surface area contributed by atoms with Crippen LogP contribution in [0.3, 0.4) is 0 Å². The summed E-state index contributed by atoms with van der Waals surface area (Å²) in [7, 11) is 0. The van der Waals surface area contributed by atoms with E-state index in [2.05, 4.69) is 0 Å². The van der Waals surface area contributed by atoms with Crippen LogP contribution in [0.1, 0.15) is 23.7 Å². The van der Waals surface area contributed by atoms with Gasteiger partial charge in [0.15, 0.2) is 0 Å². The molecule has 1 saturated heterocycles. The highest BCUT2D eigenvalue weighted by atomic mass is 19.1. The zero-order valence-corrected chi connectivity index (χ0v) is 8.74. The molecule has 0 aliphatic carbocycles. The maximum Gasteiger partial charge on any atom is 0.129 e. The first kappa shape index (κ1) is 10.6. The highest BCUT2D eigenvalue weighted by molar-refractivity contribution is 5.25. The number of rotatable bonds is 2. The average molecular weight is 210 g/mol. The van der Waals surface area contributed by atoms with Crippen LogP contribution >= 0.6 is 0 Å². The maximum atomic E-state index is 13.6. The Morgan fingerprint density at radius 2 is 2.33 bits per heavy atom. The van der Waals surface area contributed by atoms with E-state index in [4.69, 9.17) is 4.74 Å². The molecule has 2 nitrogen and oxygen atoms in total. The Kier molecular flexibility index (Phi) is 3.03. The standard InChI is InChI=1S/C12H15FO2/c1-8-2-3-10(11(13)6-8)12(14)9-4-5-15-7-9/h2-3,6,9,12,14H,4-5,7H2,1H3. The second-order valence-corrected chi connectivity index (χ2v) is 4.09. The largest absolute Gasteiger partial charge is 0.388 e. The van der Waals surface area contributed by atoms with Gasteiger partial charge < -0.3 is 9.84 Å². The lowest BCUT2D eigenvalue weighted by Crippen LogP contribution is -2.13. The summed E-state index contributed by atoms with van der Waals surface area (Å²) in [5.41, 5.74) is 1.25. The van der Waals surface area contributed by atoms with Gasteiger partial charge >= 0.3 is 0 Å². The van der Waals surface area contributed by atoms with E-state index < -0.39 is 6.10 Å². The molecule has 0 saturated carbocycles. The van der Waals surface area contributed by atoms with Crippen molar-refractivity contribution in [3.63, 3.8) is 0 Å². The lowest BCUT2D eigenvalue weighted by molar-refractivity contribution is 0.0889. The summed E-state index contributed by atoms with van der Waals surface area (Å²) in [6.45, 7) is 3.02. The minimum Gasteiger partial charge on any atom is -0.388 e. The number of hydrogen-bond donors (Lipinski definition) is 1. The van der Waals surface area contributed by atoms with E-state index in [-0.39, 0.29) is 11.7 Å². The van der Waals surface area contributed by atoms with Crippen LogP contribution in [-0.4, -0.2) is 18.3 Å². The Bertz CT molecular complexity index is 345. The second kappa shape index (κ2) is 4.29. The van der Waals surface area contributed by atoms with E-state index in [1.165, 1.54) is 6.07 Å². The Morgan fingerprint density at radius 1 is 1.53 bits per heavy atom. The van der Waals surface area contributed by atoms with Gasteiger partial charge in [0.25, 0.3) is 0 Å². The molecule has 1 aromatic carbocycles. The summed E-state index contributed by atoms with van der Waals surface area (Å²) >= 11 is 0. The monoisotopic (exact) mass is 210 g/mol. The summed E-state index contributed by atoms with van der Waals surface area (Å²) in [5, 5.41) is 9.97. The van der Waals surface area contributed by atoms with Crippen molar-refractivity contribution in [1.29, 1.82) is 0 Å². The summed E-state index contributed by atoms with van der Waals surface area (Å²) in [6, 6.07) is 4.93. The molecule has 1 heterocycles.